The molecule has 0 unspecified atom stereocenters. The Hall–Kier alpha value is -3.34. The number of pyridine rings is 2. The zero-order valence-electron chi connectivity index (χ0n) is 36.4. The van der Waals surface area contributed by atoms with Gasteiger partial charge in [-0.15, -0.1) is 0 Å². The average Bonchev–Trinajstić information content (AvgIpc) is 2.95. The van der Waals surface area contributed by atoms with E-state index >= 15 is 0 Å². The van der Waals surface area contributed by atoms with E-state index < -0.39 is 56.0 Å². The summed E-state index contributed by atoms with van der Waals surface area (Å²) in [5.74, 6) is 6.39. The number of aromatic nitrogens is 2. The molecule has 0 spiro atoms. The van der Waals surface area contributed by atoms with E-state index in [1.165, 1.54) is 32.7 Å². The van der Waals surface area contributed by atoms with Crippen LogP contribution in [0.1, 0.15) is 103 Å². The highest BCUT2D eigenvalue weighted by molar-refractivity contribution is 9.10. The van der Waals surface area contributed by atoms with Crippen LogP contribution in [-0.2, 0) is 13.9 Å². The van der Waals surface area contributed by atoms with E-state index in [2.05, 4.69) is 48.4 Å². The van der Waals surface area contributed by atoms with Gasteiger partial charge in [0.05, 0.1) is 43.6 Å². The molecular weight excluding hydrogens is 696 g/mol. The Morgan fingerprint density at radius 3 is 1.77 bits per heavy atom. The molecule has 0 atom stereocenters. The number of carbonyl (C=O) groups excluding carboxylic acids is 2. The third-order valence-corrected chi connectivity index (χ3v) is 11.4. The van der Waals surface area contributed by atoms with E-state index in [1.807, 2.05) is 33.9 Å². The summed E-state index contributed by atoms with van der Waals surface area (Å²) < 4.78 is 76.2. The number of carbonyl (C=O) groups is 2. The fraction of sp³-hybridized carbons (Fsp3) is 0.600. The Bertz CT molecular complexity index is 1650. The molecule has 0 aromatic carbocycles. The fourth-order valence-electron chi connectivity index (χ4n) is 3.31. The second kappa shape index (κ2) is 17.4. The topological polar surface area (TPSA) is 130 Å². The van der Waals surface area contributed by atoms with Gasteiger partial charge in [0.25, 0.3) is 0 Å². The molecule has 48 heavy (non-hydrogen) atoms. The summed E-state index contributed by atoms with van der Waals surface area (Å²) in [5, 5.41) is 4.80. The maximum atomic E-state index is 12.2. The van der Waals surface area contributed by atoms with Crippen molar-refractivity contribution < 1.29 is 41.2 Å². The summed E-state index contributed by atoms with van der Waals surface area (Å²) in [6.07, 6.45) is 1.29. The molecule has 0 aliphatic heterocycles. The highest BCUT2D eigenvalue weighted by Gasteiger charge is 2.41. The van der Waals surface area contributed by atoms with E-state index in [-0.39, 0.29) is 24.2 Å². The van der Waals surface area contributed by atoms with Gasteiger partial charge in [-0.3, -0.25) is 10.6 Å². The predicted octanol–water partition coefficient (Wildman–Crippen LogP) is 9.57. The summed E-state index contributed by atoms with van der Waals surface area (Å²) in [7, 11) is 0.149. The minimum Gasteiger partial charge on any atom is -0.493 e. The van der Waals surface area contributed by atoms with Crippen LogP contribution in [0.15, 0.2) is 29.1 Å². The minimum atomic E-state index is -2.90. The van der Waals surface area contributed by atoms with Crippen LogP contribution in [0.2, 0.25) is 18.1 Å². The molecule has 0 saturated heterocycles. The number of rotatable bonds is 8. The zero-order chi connectivity index (χ0) is 42.1. The quantitative estimate of drug-likeness (QED) is 0.154. The molecule has 11 nitrogen and oxygen atoms in total. The van der Waals surface area contributed by atoms with Crippen molar-refractivity contribution in [2.24, 2.45) is 0 Å². The van der Waals surface area contributed by atoms with Crippen LogP contribution in [0.25, 0.3) is 0 Å². The number of halogens is 1. The van der Waals surface area contributed by atoms with E-state index in [1.54, 1.807) is 47.6 Å². The molecule has 2 aromatic heterocycles. The van der Waals surface area contributed by atoms with Gasteiger partial charge in [0.15, 0.2) is 19.8 Å². The van der Waals surface area contributed by atoms with Gasteiger partial charge in [-0.2, -0.15) is 0 Å². The van der Waals surface area contributed by atoms with Gasteiger partial charge in [-0.1, -0.05) is 26.7 Å². The SMILES string of the molecule is COc1cnc(Br)cc1NC(=O)OC(C)(C)C.[2H]C([2H])([2H])C(CCC#Cc1cc(NC(=O)OC(C)(C)C)c(OC)cn1)(O[Si](C)(C)C(C)(C)C)C([2H])([2H])[2H]. The zero-order valence-corrected chi connectivity index (χ0v) is 32.9. The monoisotopic (exact) mass is 756 g/mol. The first-order valence-electron chi connectivity index (χ1n) is 18.2. The van der Waals surface area contributed by atoms with Crippen molar-refractivity contribution in [3.63, 3.8) is 0 Å². The van der Waals surface area contributed by atoms with Gasteiger partial charge in [0.2, 0.25) is 0 Å². The van der Waals surface area contributed by atoms with Crippen LogP contribution in [0.4, 0.5) is 21.0 Å². The third kappa shape index (κ3) is 16.2. The number of methoxy groups -OCH3 is 2. The lowest BCUT2D eigenvalue weighted by molar-refractivity contribution is 0.0624. The number of nitrogens with one attached hydrogen (secondary N) is 2. The van der Waals surface area contributed by atoms with Gasteiger partial charge in [-0.05, 0) is 114 Å². The molecule has 0 aliphatic carbocycles. The van der Waals surface area contributed by atoms with Gasteiger partial charge in [0.1, 0.15) is 21.5 Å². The normalized spacial score (nSPS) is 14.4. The average molecular weight is 758 g/mol. The van der Waals surface area contributed by atoms with Gasteiger partial charge >= 0.3 is 12.2 Å². The molecule has 2 rings (SSSR count). The van der Waals surface area contributed by atoms with Crippen molar-refractivity contribution in [1.82, 2.24) is 9.97 Å². The van der Waals surface area contributed by atoms with Gasteiger partial charge in [-0.25, -0.2) is 19.6 Å². The molecule has 0 aliphatic rings. The van der Waals surface area contributed by atoms with Crippen LogP contribution in [-0.4, -0.2) is 61.5 Å². The first-order chi connectivity index (χ1) is 24.3. The van der Waals surface area contributed by atoms with E-state index in [0.717, 1.165) is 0 Å². The Morgan fingerprint density at radius 2 is 1.33 bits per heavy atom. The third-order valence-electron chi connectivity index (χ3n) is 6.47. The van der Waals surface area contributed by atoms with E-state index in [4.69, 9.17) is 31.6 Å². The number of hydrogen-bond donors (Lipinski definition) is 2. The number of amides is 2. The molecule has 0 saturated carbocycles. The van der Waals surface area contributed by atoms with Crippen LogP contribution >= 0.6 is 15.9 Å². The van der Waals surface area contributed by atoms with Crippen molar-refractivity contribution in [2.45, 2.75) is 124 Å². The molecule has 2 heterocycles. The van der Waals surface area contributed by atoms with Crippen molar-refractivity contribution in [3.05, 3.63) is 34.8 Å². The van der Waals surface area contributed by atoms with Crippen molar-refractivity contribution in [3.8, 4) is 23.3 Å². The fourth-order valence-corrected chi connectivity index (χ4v) is 4.92. The summed E-state index contributed by atoms with van der Waals surface area (Å²) in [6, 6.07) is 3.13. The van der Waals surface area contributed by atoms with E-state index in [0.29, 0.717) is 21.8 Å². The molecule has 0 bridgehead atoms. The molecule has 268 valence electrons. The predicted molar refractivity (Wildman–Crippen MR) is 197 cm³/mol. The standard InChI is InChI=1S/C24H40N2O4Si.C11H15BrN2O3/c1-22(2,3)29-21(27)26-19-16-18(25-17-20(19)28-9)14-12-13-15-24(7,8)30-31(10,11)23(4,5)6;1-11(2,3)17-10(15)14-7-5-9(12)13-6-8(7)16-4/h16-17H,13,15H2,1-11H3,(H,25,26,27);5-6H,1-4H3,(H,13,14,15)/i7D3,8D3;. The summed E-state index contributed by atoms with van der Waals surface area (Å²) in [6.45, 7) is 14.2. The molecule has 13 heteroatoms. The van der Waals surface area contributed by atoms with Crippen LogP contribution in [0.5, 0.6) is 11.5 Å². The first-order valence-corrected chi connectivity index (χ1v) is 18.9. The van der Waals surface area contributed by atoms with Gasteiger partial charge in [0, 0.05) is 14.6 Å². The lowest BCUT2D eigenvalue weighted by Crippen LogP contribution is -2.47. The summed E-state index contributed by atoms with van der Waals surface area (Å²) >= 11 is 3.22. The minimum absolute atomic E-state index is 0.0616. The first kappa shape index (κ1) is 33.2. The number of ether oxygens (including phenoxy) is 4. The Labute approximate surface area is 305 Å². The van der Waals surface area contributed by atoms with Crippen LogP contribution in [0, 0.1) is 11.8 Å². The molecule has 2 aromatic rings. The highest BCUT2D eigenvalue weighted by atomic mass is 79.9. The van der Waals surface area contributed by atoms with Crippen molar-refractivity contribution >= 4 is 47.8 Å². The summed E-state index contributed by atoms with van der Waals surface area (Å²) in [4.78, 5) is 31.9. The van der Waals surface area contributed by atoms with Crippen molar-refractivity contribution in [2.75, 3.05) is 24.9 Å². The Balaban J connectivity index is 0.000000712. The van der Waals surface area contributed by atoms with Crippen LogP contribution < -0.4 is 20.1 Å². The van der Waals surface area contributed by atoms with Crippen molar-refractivity contribution in [1.29, 1.82) is 0 Å². The molecular formula is C35H55BrN4O7Si. The number of anilines is 2. The second-order valence-electron chi connectivity index (χ2n) is 14.2. The highest BCUT2D eigenvalue weighted by Crippen LogP contribution is 2.40. The molecule has 0 radical (unpaired) electrons. The second-order valence-corrected chi connectivity index (χ2v) is 19.8. The Kier molecular flexibility index (Phi) is 12.0. The lowest BCUT2D eigenvalue weighted by atomic mass is 10.0. The maximum absolute atomic E-state index is 12.2. The van der Waals surface area contributed by atoms with E-state index in [9.17, 15) is 9.59 Å². The summed E-state index contributed by atoms with van der Waals surface area (Å²) in [5.41, 5.74) is -2.54. The van der Waals surface area contributed by atoms with Crippen LogP contribution in [0.3, 0.4) is 0 Å². The number of nitrogens with zero attached hydrogens (tertiary/aromatic N) is 2. The largest absolute Gasteiger partial charge is 0.493 e. The van der Waals surface area contributed by atoms with Gasteiger partial charge < -0.3 is 23.4 Å². The maximum Gasteiger partial charge on any atom is 0.412 e. The molecule has 0 fully saturated rings. The number of hydrogen-bond acceptors (Lipinski definition) is 9. The lowest BCUT2D eigenvalue weighted by Gasteiger charge is -2.42. The molecule has 2 amide bonds. The Morgan fingerprint density at radius 1 is 0.854 bits per heavy atom. The molecule has 2 N–H and O–H groups in total. The smallest absolute Gasteiger partial charge is 0.412 e.